The van der Waals surface area contributed by atoms with Crippen LogP contribution in [0.15, 0.2) is 49.3 Å². The van der Waals surface area contributed by atoms with E-state index >= 15 is 0 Å². The lowest BCUT2D eigenvalue weighted by atomic mass is 9.82. The van der Waals surface area contributed by atoms with Crippen molar-refractivity contribution in [2.75, 3.05) is 0 Å². The Morgan fingerprint density at radius 1 is 0.971 bits per heavy atom. The second kappa shape index (κ2) is 9.65. The van der Waals surface area contributed by atoms with Crippen LogP contribution >= 0.6 is 0 Å². The topological polar surface area (TPSA) is 25.8 Å². The molecule has 7 heteroatoms. The fraction of sp³-hybridized carbons (Fsp3) is 0.259. The van der Waals surface area contributed by atoms with E-state index in [2.05, 4.69) is 28.4 Å². The van der Waals surface area contributed by atoms with E-state index in [0.29, 0.717) is 28.8 Å². The average Bonchev–Trinajstić information content (AvgIpc) is 2.82. The van der Waals surface area contributed by atoms with Gasteiger partial charge in [0, 0.05) is 35.2 Å². The van der Waals surface area contributed by atoms with E-state index in [-0.39, 0.29) is 10.8 Å². The van der Waals surface area contributed by atoms with Crippen molar-refractivity contribution in [1.82, 2.24) is 9.97 Å². The quantitative estimate of drug-likeness (QED) is 0.235. The Hall–Kier alpha value is -3.71. The summed E-state index contributed by atoms with van der Waals surface area (Å²) in [6.45, 7) is 3.85. The van der Waals surface area contributed by atoms with Gasteiger partial charge in [0.1, 0.15) is 11.6 Å². The third kappa shape index (κ3) is 5.43. The fourth-order valence-electron chi connectivity index (χ4n) is 3.94. The highest BCUT2D eigenvalue weighted by Crippen LogP contribution is 2.29. The maximum atomic E-state index is 14.6. The molecule has 0 atom stereocenters. The van der Waals surface area contributed by atoms with Gasteiger partial charge < -0.3 is 0 Å². The molecule has 1 aromatic heterocycles. The first-order valence-corrected chi connectivity index (χ1v) is 10.7. The number of rotatable bonds is 2. The number of halogens is 5. The molecule has 1 fully saturated rings. The highest BCUT2D eigenvalue weighted by atomic mass is 19.4. The number of benzene rings is 2. The van der Waals surface area contributed by atoms with Crippen LogP contribution in [0.4, 0.5) is 22.0 Å². The van der Waals surface area contributed by atoms with Gasteiger partial charge >= 0.3 is 6.18 Å². The average molecular weight is 466 g/mol. The van der Waals surface area contributed by atoms with Crippen molar-refractivity contribution in [3.63, 3.8) is 0 Å². The lowest BCUT2D eigenvalue weighted by molar-refractivity contribution is -0.0696. The molecule has 0 spiro atoms. The Morgan fingerprint density at radius 2 is 1.68 bits per heavy atom. The maximum absolute atomic E-state index is 14.6. The van der Waals surface area contributed by atoms with Crippen LogP contribution in [0.5, 0.6) is 0 Å². The highest BCUT2D eigenvalue weighted by Gasteiger charge is 2.24. The van der Waals surface area contributed by atoms with Crippen LogP contribution in [0.25, 0.3) is 22.2 Å². The summed E-state index contributed by atoms with van der Waals surface area (Å²) < 4.78 is 65.8. The van der Waals surface area contributed by atoms with E-state index in [1.54, 1.807) is 12.4 Å². The molecule has 1 aliphatic carbocycles. The molecule has 1 aliphatic rings. The van der Waals surface area contributed by atoms with Crippen LogP contribution in [0, 0.1) is 47.2 Å². The molecule has 1 saturated carbocycles. The largest absolute Gasteiger partial charge is 0.458 e. The molecule has 0 N–H and O–H groups in total. The fourth-order valence-corrected chi connectivity index (χ4v) is 3.94. The lowest BCUT2D eigenvalue weighted by Gasteiger charge is -2.22. The molecule has 0 bridgehead atoms. The van der Waals surface area contributed by atoms with Crippen molar-refractivity contribution < 1.29 is 22.0 Å². The van der Waals surface area contributed by atoms with Gasteiger partial charge in [-0.15, -0.1) is 6.58 Å². The smallest absolute Gasteiger partial charge is 0.235 e. The van der Waals surface area contributed by atoms with Gasteiger partial charge in [-0.2, -0.15) is 13.2 Å². The highest BCUT2D eigenvalue weighted by molar-refractivity contribution is 5.88. The predicted molar refractivity (Wildman–Crippen MR) is 120 cm³/mol. The Labute approximate surface area is 193 Å². The minimum atomic E-state index is -4.85. The summed E-state index contributed by atoms with van der Waals surface area (Å²) in [5.74, 6) is 7.74. The zero-order chi connectivity index (χ0) is 24.3. The molecule has 2 aromatic carbocycles. The number of fused-ring (bicyclic) bond motifs is 1. The third-order valence-corrected chi connectivity index (χ3v) is 5.79. The minimum absolute atomic E-state index is 0.0507. The summed E-state index contributed by atoms with van der Waals surface area (Å²) in [6, 6.07) is 5.28. The molecule has 0 aliphatic heterocycles. The van der Waals surface area contributed by atoms with Crippen molar-refractivity contribution in [3.05, 3.63) is 72.1 Å². The van der Waals surface area contributed by atoms with Crippen molar-refractivity contribution in [2.24, 2.45) is 11.8 Å². The molecular weight excluding hydrogens is 447 g/mol. The van der Waals surface area contributed by atoms with Crippen LogP contribution in [-0.2, 0) is 0 Å². The van der Waals surface area contributed by atoms with E-state index in [1.165, 1.54) is 24.1 Å². The summed E-state index contributed by atoms with van der Waals surface area (Å²) >= 11 is 0. The molecule has 2 nitrogen and oxygen atoms in total. The summed E-state index contributed by atoms with van der Waals surface area (Å²) in [6.07, 6.45) is 4.60. The van der Waals surface area contributed by atoms with Gasteiger partial charge in [-0.05, 0) is 49.1 Å². The number of alkyl halides is 3. The predicted octanol–water partition coefficient (Wildman–Crippen LogP) is 6.83. The molecule has 1 heterocycles. The van der Waals surface area contributed by atoms with E-state index in [4.69, 9.17) is 0 Å². The summed E-state index contributed by atoms with van der Waals surface area (Å²) in [5.41, 5.74) is 0.248. The first-order chi connectivity index (χ1) is 16.2. The minimum Gasteiger partial charge on any atom is -0.235 e. The van der Waals surface area contributed by atoms with Gasteiger partial charge in [0.25, 0.3) is 0 Å². The number of nitrogens with zero attached hydrogens (tertiary/aromatic N) is 2. The number of hydrogen-bond acceptors (Lipinski definition) is 2. The third-order valence-electron chi connectivity index (χ3n) is 5.79. The van der Waals surface area contributed by atoms with Crippen LogP contribution < -0.4 is 0 Å². The lowest BCUT2D eigenvalue weighted by Crippen LogP contribution is -2.11. The Balaban J connectivity index is 1.55. The van der Waals surface area contributed by atoms with Gasteiger partial charge in [0.2, 0.25) is 0 Å². The molecule has 0 unspecified atom stereocenters. The van der Waals surface area contributed by atoms with Gasteiger partial charge in [0.15, 0.2) is 5.82 Å². The Morgan fingerprint density at radius 3 is 2.32 bits per heavy atom. The van der Waals surface area contributed by atoms with Crippen LogP contribution in [0.1, 0.15) is 36.8 Å². The van der Waals surface area contributed by atoms with E-state index in [1.807, 2.05) is 6.08 Å². The van der Waals surface area contributed by atoms with Crippen LogP contribution in [0.2, 0.25) is 0 Å². The van der Waals surface area contributed by atoms with E-state index in [9.17, 15) is 22.0 Å². The second-order valence-corrected chi connectivity index (χ2v) is 8.14. The first-order valence-electron chi connectivity index (χ1n) is 10.7. The normalized spacial score (nSPS) is 17.9. The van der Waals surface area contributed by atoms with Gasteiger partial charge in [0.05, 0.1) is 11.1 Å². The summed E-state index contributed by atoms with van der Waals surface area (Å²) in [5, 5.41) is 0.109. The Kier molecular flexibility index (Phi) is 6.65. The zero-order valence-electron chi connectivity index (χ0n) is 18.0. The molecule has 3 aromatic rings. The maximum Gasteiger partial charge on any atom is 0.458 e. The first kappa shape index (κ1) is 23.4. The number of allylic oxidation sites excluding steroid dienone is 1. The molecular formula is C27H19F5N2. The molecule has 0 amide bonds. The molecule has 0 saturated heterocycles. The van der Waals surface area contributed by atoms with Crippen molar-refractivity contribution in [1.29, 1.82) is 0 Å². The second-order valence-electron chi connectivity index (χ2n) is 8.14. The van der Waals surface area contributed by atoms with Crippen LogP contribution in [0.3, 0.4) is 0 Å². The van der Waals surface area contributed by atoms with Gasteiger partial charge in [-0.1, -0.05) is 36.0 Å². The van der Waals surface area contributed by atoms with Crippen LogP contribution in [-0.4, -0.2) is 16.1 Å². The molecule has 4 rings (SSSR count). The van der Waals surface area contributed by atoms with Crippen molar-refractivity contribution >= 4 is 10.8 Å². The standard InChI is InChI=1S/C27H19F5N2/c1-2-17-3-5-18(6-4-17)7-8-19-15-33-26(34-16-19)20-9-10-22-21(13-20)14-24(28)23(25(22)29)11-12-27(30,31)32/h2,9-10,13-18H,1,3-6H2. The van der Waals surface area contributed by atoms with E-state index < -0.39 is 23.4 Å². The number of hydrogen-bond donors (Lipinski definition) is 0. The number of aromatic nitrogens is 2. The van der Waals surface area contributed by atoms with Gasteiger partial charge in [-0.25, -0.2) is 18.7 Å². The van der Waals surface area contributed by atoms with Crippen molar-refractivity contribution in [2.45, 2.75) is 31.9 Å². The molecule has 172 valence electrons. The zero-order valence-corrected chi connectivity index (χ0v) is 18.0. The summed E-state index contributed by atoms with van der Waals surface area (Å²) in [4.78, 5) is 8.60. The summed E-state index contributed by atoms with van der Waals surface area (Å²) in [7, 11) is 0. The molecule has 0 radical (unpaired) electrons. The monoisotopic (exact) mass is 466 g/mol. The Bertz CT molecular complexity index is 1340. The molecule has 34 heavy (non-hydrogen) atoms. The SMILES string of the molecule is C=CC1CCC(C#Cc2cnc(-c3ccc4c(F)c(C#CC(F)(F)F)c(F)cc4c3)nc2)CC1. The van der Waals surface area contributed by atoms with Crippen molar-refractivity contribution in [3.8, 4) is 35.1 Å². The van der Waals surface area contributed by atoms with E-state index in [0.717, 1.165) is 37.7 Å². The van der Waals surface area contributed by atoms with Gasteiger partial charge in [-0.3, -0.25) is 0 Å².